The van der Waals surface area contributed by atoms with Crippen molar-refractivity contribution in [2.45, 2.75) is 5.43 Å². The lowest BCUT2D eigenvalue weighted by Gasteiger charge is -2.25. The lowest BCUT2D eigenvalue weighted by atomic mass is 10.2. The van der Waals surface area contributed by atoms with Crippen molar-refractivity contribution < 1.29 is 38.2 Å². The number of halogens is 1. The second kappa shape index (κ2) is 13.9. The van der Waals surface area contributed by atoms with E-state index in [1.807, 2.05) is 6.07 Å². The predicted octanol–water partition coefficient (Wildman–Crippen LogP) is 2.76. The summed E-state index contributed by atoms with van der Waals surface area (Å²) in [7, 11) is 3.12. The van der Waals surface area contributed by atoms with Crippen LogP contribution in [0, 0.1) is 0 Å². The molecule has 0 saturated carbocycles. The monoisotopic (exact) mass is 392 g/mol. The third-order valence-electron chi connectivity index (χ3n) is 2.86. The summed E-state index contributed by atoms with van der Waals surface area (Å²) in [5, 5.41) is 0. The van der Waals surface area contributed by atoms with Gasteiger partial charge in [0, 0.05) is 19.8 Å². The van der Waals surface area contributed by atoms with Crippen molar-refractivity contribution in [1.82, 2.24) is 0 Å². The lowest BCUT2D eigenvalue weighted by molar-refractivity contribution is -0.452. The summed E-state index contributed by atoms with van der Waals surface area (Å²) in [6, 6.07) is 7.08. The van der Waals surface area contributed by atoms with Gasteiger partial charge in [-0.1, -0.05) is 30.9 Å². The van der Waals surface area contributed by atoms with E-state index in [1.54, 1.807) is 38.5 Å². The molecule has 0 aromatic heterocycles. The molecule has 0 radical (unpaired) electrons. The molecule has 0 fully saturated rings. The molecule has 1 aromatic carbocycles. The van der Waals surface area contributed by atoms with Crippen LogP contribution in [0.1, 0.15) is 5.56 Å². The van der Waals surface area contributed by atoms with Gasteiger partial charge < -0.3 is 23.8 Å². The van der Waals surface area contributed by atoms with Crippen molar-refractivity contribution in [3.8, 4) is 5.75 Å². The summed E-state index contributed by atoms with van der Waals surface area (Å²) < 4.78 is 30.6. The Labute approximate surface area is 158 Å². The SMILES string of the molecule is C=Cc1ccccc1OOC(Cl)(OCOCCOC)OCOCCOC. The van der Waals surface area contributed by atoms with Crippen LogP contribution < -0.4 is 4.89 Å². The van der Waals surface area contributed by atoms with E-state index in [2.05, 4.69) is 6.58 Å². The number of methoxy groups -OCH3 is 2. The minimum atomic E-state index is -2.07. The number of para-hydroxylation sites is 1. The van der Waals surface area contributed by atoms with E-state index in [1.165, 1.54) is 0 Å². The Morgan fingerprint density at radius 2 is 1.54 bits per heavy atom. The normalized spacial score (nSPS) is 11.5. The zero-order valence-corrected chi connectivity index (χ0v) is 15.7. The zero-order valence-electron chi connectivity index (χ0n) is 15.0. The van der Waals surface area contributed by atoms with Crippen LogP contribution in [0.25, 0.3) is 6.08 Å². The molecule has 0 N–H and O–H groups in total. The van der Waals surface area contributed by atoms with Crippen LogP contribution in [-0.2, 0) is 33.3 Å². The number of ether oxygens (including phenoxy) is 6. The van der Waals surface area contributed by atoms with Gasteiger partial charge in [-0.15, -0.1) is 4.89 Å². The molecule has 0 atom stereocenters. The average molecular weight is 393 g/mol. The molecule has 0 aliphatic rings. The second-order valence-corrected chi connectivity index (χ2v) is 5.18. The van der Waals surface area contributed by atoms with E-state index in [9.17, 15) is 0 Å². The maximum Gasteiger partial charge on any atom is 0.411 e. The molecule has 0 aliphatic heterocycles. The first kappa shape index (κ1) is 22.8. The van der Waals surface area contributed by atoms with Gasteiger partial charge in [0.05, 0.1) is 26.4 Å². The van der Waals surface area contributed by atoms with Crippen molar-refractivity contribution in [3.05, 3.63) is 36.4 Å². The van der Waals surface area contributed by atoms with Crippen LogP contribution in [-0.4, -0.2) is 59.7 Å². The Morgan fingerprint density at radius 3 is 2.08 bits per heavy atom. The van der Waals surface area contributed by atoms with Crippen LogP contribution in [0.5, 0.6) is 5.75 Å². The molecular weight excluding hydrogens is 368 g/mol. The van der Waals surface area contributed by atoms with E-state index in [4.69, 9.17) is 49.8 Å². The van der Waals surface area contributed by atoms with Crippen molar-refractivity contribution in [1.29, 1.82) is 0 Å². The minimum absolute atomic E-state index is 0.211. The number of hydrogen-bond acceptors (Lipinski definition) is 8. The summed E-state index contributed by atoms with van der Waals surface area (Å²) in [5.74, 6) is 0.389. The fourth-order valence-corrected chi connectivity index (χ4v) is 1.66. The lowest BCUT2D eigenvalue weighted by Crippen LogP contribution is -2.36. The Hall–Kier alpha value is -1.23. The van der Waals surface area contributed by atoms with Gasteiger partial charge in [-0.05, 0) is 17.7 Å². The minimum Gasteiger partial charge on any atom is -0.382 e. The molecule has 0 aliphatic carbocycles. The Balaban J connectivity index is 2.55. The van der Waals surface area contributed by atoms with Crippen molar-refractivity contribution in [2.75, 3.05) is 54.2 Å². The summed E-state index contributed by atoms with van der Waals surface area (Å²) in [4.78, 5) is 10.4. The first-order valence-electron chi connectivity index (χ1n) is 7.82. The first-order chi connectivity index (χ1) is 12.6. The molecule has 0 amide bonds. The topological polar surface area (TPSA) is 73.8 Å². The highest BCUT2D eigenvalue weighted by Gasteiger charge is 2.34. The molecule has 0 spiro atoms. The molecule has 9 heteroatoms. The summed E-state index contributed by atoms with van der Waals surface area (Å²) in [5.41, 5.74) is -1.37. The third-order valence-corrected chi connectivity index (χ3v) is 3.14. The van der Waals surface area contributed by atoms with Crippen LogP contribution in [0.4, 0.5) is 0 Å². The Morgan fingerprint density at radius 1 is 0.962 bits per heavy atom. The van der Waals surface area contributed by atoms with Crippen molar-refractivity contribution in [2.24, 2.45) is 0 Å². The standard InChI is InChI=1S/C17H25ClO8/c1-4-15-7-5-6-8-16(15)25-26-17(18,23-13-21-11-9-19-2)24-14-22-12-10-20-3/h4-8H,1,9-14H2,2-3H3. The molecule has 0 unspecified atom stereocenters. The Bertz CT molecular complexity index is 485. The third kappa shape index (κ3) is 9.46. The highest BCUT2D eigenvalue weighted by Crippen LogP contribution is 2.26. The van der Waals surface area contributed by atoms with E-state index in [-0.39, 0.29) is 13.6 Å². The van der Waals surface area contributed by atoms with Gasteiger partial charge in [-0.3, -0.25) is 9.47 Å². The molecular formula is C17H25ClO8. The van der Waals surface area contributed by atoms with Crippen LogP contribution in [0.15, 0.2) is 30.8 Å². The van der Waals surface area contributed by atoms with Gasteiger partial charge in [0.15, 0.2) is 19.3 Å². The number of alkyl halides is 1. The largest absolute Gasteiger partial charge is 0.411 e. The highest BCUT2D eigenvalue weighted by molar-refractivity contribution is 6.20. The van der Waals surface area contributed by atoms with Crippen LogP contribution in [0.2, 0.25) is 0 Å². The number of benzene rings is 1. The molecule has 8 nitrogen and oxygen atoms in total. The number of hydrogen-bond donors (Lipinski definition) is 0. The van der Waals surface area contributed by atoms with Gasteiger partial charge in [-0.2, -0.15) is 0 Å². The van der Waals surface area contributed by atoms with Gasteiger partial charge in [0.2, 0.25) is 0 Å². The first-order valence-corrected chi connectivity index (χ1v) is 8.20. The summed E-state index contributed by atoms with van der Waals surface area (Å²) in [6.45, 7) is 4.72. The highest BCUT2D eigenvalue weighted by atomic mass is 35.5. The second-order valence-electron chi connectivity index (χ2n) is 4.72. The van der Waals surface area contributed by atoms with Gasteiger partial charge in [0.25, 0.3) is 0 Å². The quantitative estimate of drug-likeness (QED) is 0.140. The molecule has 148 valence electrons. The van der Waals surface area contributed by atoms with E-state index in [0.717, 1.165) is 0 Å². The van der Waals surface area contributed by atoms with Gasteiger partial charge in [0.1, 0.15) is 0 Å². The van der Waals surface area contributed by atoms with Gasteiger partial charge in [-0.25, -0.2) is 0 Å². The summed E-state index contributed by atoms with van der Waals surface area (Å²) in [6.07, 6.45) is 1.61. The molecule has 0 saturated heterocycles. The van der Waals surface area contributed by atoms with Crippen molar-refractivity contribution >= 4 is 17.7 Å². The molecule has 0 heterocycles. The maximum absolute atomic E-state index is 6.17. The predicted molar refractivity (Wildman–Crippen MR) is 94.4 cm³/mol. The van der Waals surface area contributed by atoms with Crippen LogP contribution in [0.3, 0.4) is 0 Å². The summed E-state index contributed by atoms with van der Waals surface area (Å²) >= 11 is 6.17. The zero-order chi connectivity index (χ0) is 19.1. The smallest absolute Gasteiger partial charge is 0.382 e. The maximum atomic E-state index is 6.17. The molecule has 1 rings (SSSR count). The Kier molecular flexibility index (Phi) is 12.2. The van der Waals surface area contributed by atoms with Crippen LogP contribution >= 0.6 is 11.6 Å². The average Bonchev–Trinajstić information content (AvgIpc) is 2.66. The van der Waals surface area contributed by atoms with E-state index < -0.39 is 5.43 Å². The van der Waals surface area contributed by atoms with Gasteiger partial charge >= 0.3 is 5.43 Å². The van der Waals surface area contributed by atoms with E-state index in [0.29, 0.717) is 37.7 Å². The molecule has 26 heavy (non-hydrogen) atoms. The fraction of sp³-hybridized carbons (Fsp3) is 0.529. The fourth-order valence-electron chi connectivity index (χ4n) is 1.54. The molecule has 0 bridgehead atoms. The number of rotatable bonds is 16. The molecule has 1 aromatic rings. The van der Waals surface area contributed by atoms with E-state index >= 15 is 0 Å². The van der Waals surface area contributed by atoms with Crippen molar-refractivity contribution in [3.63, 3.8) is 0 Å².